The number of benzene rings is 1. The lowest BCUT2D eigenvalue weighted by atomic mass is 10.1. The Labute approximate surface area is 108 Å². The van der Waals surface area contributed by atoms with Gasteiger partial charge in [0, 0.05) is 13.0 Å². The summed E-state index contributed by atoms with van der Waals surface area (Å²) in [5.41, 5.74) is 0.533. The topological polar surface area (TPSA) is 88.2 Å². The summed E-state index contributed by atoms with van der Waals surface area (Å²) in [7, 11) is 0. The number of aromatic carboxylic acids is 1. The largest absolute Gasteiger partial charge is 0.478 e. The second kappa shape index (κ2) is 5.50. The Balaban J connectivity index is 2.05. The zero-order valence-electron chi connectivity index (χ0n) is 9.26. The number of halogens is 1. The van der Waals surface area contributed by atoms with Gasteiger partial charge in [-0.3, -0.25) is 0 Å². The third-order valence-corrected chi connectivity index (χ3v) is 2.61. The maximum absolute atomic E-state index is 11.1. The van der Waals surface area contributed by atoms with Gasteiger partial charge in [0.05, 0.1) is 10.7 Å². The monoisotopic (exact) mass is 267 g/mol. The first-order chi connectivity index (χ1) is 8.68. The third kappa shape index (κ3) is 2.78. The molecule has 7 heteroatoms. The molecule has 0 unspecified atom stereocenters. The van der Waals surface area contributed by atoms with E-state index in [1.807, 2.05) is 0 Å². The summed E-state index contributed by atoms with van der Waals surface area (Å²) in [5, 5.41) is 15.9. The van der Waals surface area contributed by atoms with Gasteiger partial charge in [0.1, 0.15) is 5.56 Å². The zero-order chi connectivity index (χ0) is 13.0. The number of carbonyl (C=O) groups is 1. The van der Waals surface area contributed by atoms with Crippen LogP contribution in [0.15, 0.2) is 29.1 Å². The molecule has 1 aromatic heterocycles. The maximum atomic E-state index is 11.1. The van der Waals surface area contributed by atoms with Crippen LogP contribution in [0.2, 0.25) is 5.02 Å². The van der Waals surface area contributed by atoms with Gasteiger partial charge in [0.2, 0.25) is 6.39 Å². The maximum Gasteiger partial charge on any atom is 0.339 e. The average Bonchev–Trinajstić information content (AvgIpc) is 2.81. The quantitative estimate of drug-likeness (QED) is 0.862. The smallest absolute Gasteiger partial charge is 0.339 e. The molecule has 6 nitrogen and oxygen atoms in total. The lowest BCUT2D eigenvalue weighted by molar-refractivity contribution is 0.0698. The molecule has 0 bridgehead atoms. The molecule has 94 valence electrons. The van der Waals surface area contributed by atoms with Crippen molar-refractivity contribution in [3.63, 3.8) is 0 Å². The summed E-state index contributed by atoms with van der Waals surface area (Å²) in [4.78, 5) is 14.9. The molecule has 0 spiro atoms. The number of carboxylic acids is 1. The molecule has 2 rings (SSSR count). The highest BCUT2D eigenvalue weighted by molar-refractivity contribution is 6.34. The first-order valence-electron chi connectivity index (χ1n) is 5.19. The highest BCUT2D eigenvalue weighted by Gasteiger charge is 2.13. The van der Waals surface area contributed by atoms with Crippen LogP contribution in [0.5, 0.6) is 0 Å². The summed E-state index contributed by atoms with van der Waals surface area (Å²) in [6.45, 7) is 0.486. The van der Waals surface area contributed by atoms with Crippen molar-refractivity contribution in [3.8, 4) is 0 Å². The normalized spacial score (nSPS) is 10.3. The fourth-order valence-corrected chi connectivity index (χ4v) is 1.76. The fraction of sp³-hybridized carbons (Fsp3) is 0.182. The Morgan fingerprint density at radius 2 is 2.33 bits per heavy atom. The molecule has 2 aromatic rings. The van der Waals surface area contributed by atoms with Gasteiger partial charge in [0.25, 0.3) is 0 Å². The number of anilines is 1. The molecule has 2 N–H and O–H groups in total. The van der Waals surface area contributed by atoms with Crippen molar-refractivity contribution in [2.24, 2.45) is 0 Å². The average molecular weight is 268 g/mol. The Morgan fingerprint density at radius 1 is 1.50 bits per heavy atom. The van der Waals surface area contributed by atoms with Gasteiger partial charge in [-0.15, -0.1) is 0 Å². The number of nitrogens with one attached hydrogen (secondary N) is 1. The fourth-order valence-electron chi connectivity index (χ4n) is 1.50. The molecule has 1 heterocycles. The standard InChI is InChI=1S/C11H10ClN3O3/c12-7-2-1-3-8(10(7)11(16)17)13-5-4-9-14-6-18-15-9/h1-3,6,13H,4-5H2,(H,16,17). The first kappa shape index (κ1) is 12.4. The van der Waals surface area contributed by atoms with E-state index in [0.717, 1.165) is 0 Å². The van der Waals surface area contributed by atoms with Crippen molar-refractivity contribution in [2.75, 3.05) is 11.9 Å². The number of aromatic nitrogens is 2. The van der Waals surface area contributed by atoms with Crippen LogP contribution >= 0.6 is 11.6 Å². The SMILES string of the molecule is O=C(O)c1c(Cl)cccc1NCCc1ncon1. The van der Waals surface area contributed by atoms with Gasteiger partial charge in [0.15, 0.2) is 5.82 Å². The Kier molecular flexibility index (Phi) is 3.78. The Morgan fingerprint density at radius 3 is 3.00 bits per heavy atom. The van der Waals surface area contributed by atoms with Crippen LogP contribution in [0.3, 0.4) is 0 Å². The zero-order valence-corrected chi connectivity index (χ0v) is 10.0. The molecule has 0 aliphatic carbocycles. The minimum absolute atomic E-state index is 0.0623. The molecule has 0 aliphatic rings. The molecule has 0 radical (unpaired) electrons. The Hall–Kier alpha value is -2.08. The van der Waals surface area contributed by atoms with E-state index in [4.69, 9.17) is 16.7 Å². The molecule has 0 fully saturated rings. The number of hydrogen-bond donors (Lipinski definition) is 2. The summed E-state index contributed by atoms with van der Waals surface area (Å²) in [6.07, 6.45) is 1.78. The van der Waals surface area contributed by atoms with E-state index < -0.39 is 5.97 Å². The molecule has 18 heavy (non-hydrogen) atoms. The predicted molar refractivity (Wildman–Crippen MR) is 64.9 cm³/mol. The van der Waals surface area contributed by atoms with Crippen molar-refractivity contribution >= 4 is 23.3 Å². The van der Waals surface area contributed by atoms with Gasteiger partial charge >= 0.3 is 5.97 Å². The van der Waals surface area contributed by atoms with Gasteiger partial charge < -0.3 is 14.9 Å². The molecular weight excluding hydrogens is 258 g/mol. The van der Waals surface area contributed by atoms with Gasteiger partial charge in [-0.2, -0.15) is 4.98 Å². The number of nitrogens with zero attached hydrogens (tertiary/aromatic N) is 2. The summed E-state index contributed by atoms with van der Waals surface area (Å²) >= 11 is 5.84. The van der Waals surface area contributed by atoms with E-state index in [1.165, 1.54) is 12.5 Å². The van der Waals surface area contributed by atoms with Crippen molar-refractivity contribution in [3.05, 3.63) is 41.0 Å². The summed E-state index contributed by atoms with van der Waals surface area (Å²) in [6, 6.07) is 4.88. The first-order valence-corrected chi connectivity index (χ1v) is 5.57. The van der Waals surface area contributed by atoms with Crippen molar-refractivity contribution in [1.29, 1.82) is 0 Å². The number of rotatable bonds is 5. The van der Waals surface area contributed by atoms with Crippen LogP contribution in [-0.4, -0.2) is 27.8 Å². The van der Waals surface area contributed by atoms with Gasteiger partial charge in [-0.05, 0) is 12.1 Å². The minimum Gasteiger partial charge on any atom is -0.478 e. The second-order valence-electron chi connectivity index (χ2n) is 3.49. The van der Waals surface area contributed by atoms with E-state index in [0.29, 0.717) is 24.5 Å². The number of carboxylic acid groups (broad SMARTS) is 1. The second-order valence-corrected chi connectivity index (χ2v) is 3.90. The van der Waals surface area contributed by atoms with Crippen LogP contribution in [0, 0.1) is 0 Å². The lowest BCUT2D eigenvalue weighted by Crippen LogP contribution is -2.10. The van der Waals surface area contributed by atoms with Crippen LogP contribution in [0.25, 0.3) is 0 Å². The van der Waals surface area contributed by atoms with Crippen LogP contribution in [-0.2, 0) is 6.42 Å². The molecule has 0 aliphatic heterocycles. The van der Waals surface area contributed by atoms with E-state index in [1.54, 1.807) is 12.1 Å². The highest BCUT2D eigenvalue weighted by Crippen LogP contribution is 2.24. The lowest BCUT2D eigenvalue weighted by Gasteiger charge is -2.09. The van der Waals surface area contributed by atoms with Crippen molar-refractivity contribution in [1.82, 2.24) is 10.1 Å². The summed E-state index contributed by atoms with van der Waals surface area (Å²) < 4.78 is 4.59. The van der Waals surface area contributed by atoms with Crippen LogP contribution < -0.4 is 5.32 Å². The van der Waals surface area contributed by atoms with Crippen molar-refractivity contribution in [2.45, 2.75) is 6.42 Å². The Bertz CT molecular complexity index is 542. The molecule has 1 aromatic carbocycles. The van der Waals surface area contributed by atoms with Crippen LogP contribution in [0.1, 0.15) is 16.2 Å². The molecule has 0 saturated carbocycles. The predicted octanol–water partition coefficient (Wildman–Crippen LogP) is 2.08. The van der Waals surface area contributed by atoms with Gasteiger partial charge in [-0.1, -0.05) is 22.8 Å². The van der Waals surface area contributed by atoms with Crippen LogP contribution in [0.4, 0.5) is 5.69 Å². The summed E-state index contributed by atoms with van der Waals surface area (Å²) in [5.74, 6) is -0.510. The van der Waals surface area contributed by atoms with E-state index >= 15 is 0 Å². The van der Waals surface area contributed by atoms with E-state index in [-0.39, 0.29) is 10.6 Å². The molecular formula is C11H10ClN3O3. The highest BCUT2D eigenvalue weighted by atomic mass is 35.5. The van der Waals surface area contributed by atoms with E-state index in [2.05, 4.69) is 20.0 Å². The van der Waals surface area contributed by atoms with E-state index in [9.17, 15) is 4.79 Å². The molecule has 0 atom stereocenters. The molecule has 0 amide bonds. The van der Waals surface area contributed by atoms with Crippen molar-refractivity contribution < 1.29 is 14.4 Å². The number of hydrogen-bond acceptors (Lipinski definition) is 5. The van der Waals surface area contributed by atoms with Gasteiger partial charge in [-0.25, -0.2) is 4.79 Å². The third-order valence-electron chi connectivity index (χ3n) is 2.30. The minimum atomic E-state index is -1.07. The molecule has 0 saturated heterocycles.